The monoisotopic (exact) mass is 215 g/mol. The van der Waals surface area contributed by atoms with Crippen LogP contribution in [0.25, 0.3) is 0 Å². The van der Waals surface area contributed by atoms with Crippen molar-refractivity contribution in [3.8, 4) is 0 Å². The fraction of sp³-hybridized carbons (Fsp3) is 0.600. The van der Waals surface area contributed by atoms with Crippen LogP contribution < -0.4 is 5.32 Å². The molecule has 0 fully saturated rings. The number of hydrogen-bond donors (Lipinski definition) is 1. The van der Waals surface area contributed by atoms with Crippen LogP contribution in [0, 0.1) is 5.92 Å². The van der Waals surface area contributed by atoms with E-state index >= 15 is 0 Å². The Hall–Kier alpha value is -1.39. The van der Waals surface area contributed by atoms with Crippen LogP contribution in [-0.4, -0.2) is 25.0 Å². The highest BCUT2D eigenvalue weighted by Gasteiger charge is 2.29. The van der Waals surface area contributed by atoms with Crippen LogP contribution in [0.4, 0.5) is 4.39 Å². The molecule has 0 heterocycles. The Morgan fingerprint density at radius 3 is 2.80 bits per heavy atom. The molecule has 1 amide bonds. The molecule has 5 heteroatoms. The fourth-order valence-corrected chi connectivity index (χ4v) is 1.69. The van der Waals surface area contributed by atoms with Crippen molar-refractivity contribution in [2.24, 2.45) is 5.92 Å². The summed E-state index contributed by atoms with van der Waals surface area (Å²) in [6.07, 6.45) is 1.78. The third-order valence-corrected chi connectivity index (χ3v) is 2.29. The van der Waals surface area contributed by atoms with Crippen molar-refractivity contribution in [3.05, 3.63) is 11.9 Å². The van der Waals surface area contributed by atoms with Gasteiger partial charge in [0.25, 0.3) is 0 Å². The van der Waals surface area contributed by atoms with Crippen LogP contribution in [-0.2, 0) is 14.3 Å². The molecule has 0 aromatic carbocycles. The number of amides is 1. The molecule has 0 aliphatic heterocycles. The number of methoxy groups -OCH3 is 1. The Kier molecular flexibility index (Phi) is 3.82. The summed E-state index contributed by atoms with van der Waals surface area (Å²) in [6, 6.07) is -0.416. The van der Waals surface area contributed by atoms with Crippen LogP contribution in [0.2, 0.25) is 0 Å². The van der Waals surface area contributed by atoms with E-state index in [1.54, 1.807) is 0 Å². The van der Waals surface area contributed by atoms with Gasteiger partial charge in [-0.25, -0.2) is 4.39 Å². The number of ether oxygens (including phenoxy) is 1. The third-order valence-electron chi connectivity index (χ3n) is 2.29. The number of halogens is 1. The van der Waals surface area contributed by atoms with Gasteiger partial charge in [-0.05, 0) is 12.5 Å². The van der Waals surface area contributed by atoms with E-state index in [9.17, 15) is 14.0 Å². The molecule has 0 aromatic heterocycles. The Bertz CT molecular complexity index is 301. The van der Waals surface area contributed by atoms with E-state index < -0.39 is 17.9 Å². The molecule has 84 valence electrons. The average Bonchev–Trinajstić information content (AvgIpc) is 2.14. The van der Waals surface area contributed by atoms with Gasteiger partial charge in [0, 0.05) is 13.3 Å². The Balaban J connectivity index is 2.65. The second-order valence-corrected chi connectivity index (χ2v) is 3.58. The molecule has 0 unspecified atom stereocenters. The summed E-state index contributed by atoms with van der Waals surface area (Å²) in [5.74, 6) is -1.56. The molecule has 0 bridgehead atoms. The molecule has 0 saturated carbocycles. The maximum Gasteiger partial charge on any atom is 0.309 e. The number of nitrogens with one attached hydrogen (secondary N) is 1. The minimum Gasteiger partial charge on any atom is -0.469 e. The first-order valence-corrected chi connectivity index (χ1v) is 4.74. The number of esters is 1. The zero-order chi connectivity index (χ0) is 11.4. The van der Waals surface area contributed by atoms with Crippen molar-refractivity contribution in [2.45, 2.75) is 25.8 Å². The average molecular weight is 215 g/mol. The lowest BCUT2D eigenvalue weighted by Crippen LogP contribution is -2.37. The van der Waals surface area contributed by atoms with Crippen LogP contribution >= 0.6 is 0 Å². The Morgan fingerprint density at radius 2 is 2.27 bits per heavy atom. The summed E-state index contributed by atoms with van der Waals surface area (Å²) in [5.41, 5.74) is 0. The number of hydrogen-bond acceptors (Lipinski definition) is 3. The molecule has 0 radical (unpaired) electrons. The van der Waals surface area contributed by atoms with E-state index in [0.29, 0.717) is 6.42 Å². The number of carbonyl (C=O) groups is 2. The summed E-state index contributed by atoms with van der Waals surface area (Å²) in [5, 5.41) is 2.56. The highest BCUT2D eigenvalue weighted by atomic mass is 19.1. The van der Waals surface area contributed by atoms with Crippen molar-refractivity contribution in [1.82, 2.24) is 5.32 Å². The molecule has 0 aromatic rings. The Labute approximate surface area is 87.5 Å². The lowest BCUT2D eigenvalue weighted by atomic mass is 9.90. The first kappa shape index (κ1) is 11.7. The first-order chi connectivity index (χ1) is 7.02. The molecule has 4 nitrogen and oxygen atoms in total. The minimum atomic E-state index is -0.503. The molecular formula is C10H14FNO3. The topological polar surface area (TPSA) is 55.4 Å². The van der Waals surface area contributed by atoms with Crippen molar-refractivity contribution in [3.63, 3.8) is 0 Å². The van der Waals surface area contributed by atoms with Crippen molar-refractivity contribution >= 4 is 11.9 Å². The van der Waals surface area contributed by atoms with Gasteiger partial charge in [0.15, 0.2) is 0 Å². The minimum absolute atomic E-state index is 0.0583. The first-order valence-electron chi connectivity index (χ1n) is 4.74. The second-order valence-electron chi connectivity index (χ2n) is 3.58. The summed E-state index contributed by atoms with van der Waals surface area (Å²) >= 11 is 0. The van der Waals surface area contributed by atoms with Gasteiger partial charge in [0.1, 0.15) is 0 Å². The molecule has 1 aliphatic rings. The molecule has 15 heavy (non-hydrogen) atoms. The summed E-state index contributed by atoms with van der Waals surface area (Å²) in [4.78, 5) is 22.0. The van der Waals surface area contributed by atoms with E-state index in [-0.39, 0.29) is 18.2 Å². The van der Waals surface area contributed by atoms with Crippen LogP contribution in [0.1, 0.15) is 19.8 Å². The number of carbonyl (C=O) groups excluding carboxylic acids is 2. The third kappa shape index (κ3) is 3.34. The van der Waals surface area contributed by atoms with Gasteiger partial charge >= 0.3 is 5.97 Å². The summed E-state index contributed by atoms with van der Waals surface area (Å²) in [6.45, 7) is 1.35. The zero-order valence-electron chi connectivity index (χ0n) is 8.75. The SMILES string of the molecule is COC(=O)[C@@H]1CC(F)=C[C@H](NC(C)=O)C1. The van der Waals surface area contributed by atoms with E-state index in [1.165, 1.54) is 20.1 Å². The highest BCUT2D eigenvalue weighted by Crippen LogP contribution is 2.26. The molecule has 0 spiro atoms. The lowest BCUT2D eigenvalue weighted by molar-refractivity contribution is -0.146. The van der Waals surface area contributed by atoms with E-state index in [4.69, 9.17) is 0 Å². The standard InChI is InChI=1S/C10H14FNO3/c1-6(13)12-9-4-7(10(14)15-2)3-8(11)5-9/h5,7,9H,3-4H2,1-2H3,(H,12,13)/t7-,9-/m1/s1. The van der Waals surface area contributed by atoms with Crippen LogP contribution in [0.5, 0.6) is 0 Å². The molecule has 0 saturated heterocycles. The van der Waals surface area contributed by atoms with Gasteiger partial charge in [0.05, 0.1) is 24.9 Å². The normalized spacial score (nSPS) is 25.4. The lowest BCUT2D eigenvalue weighted by Gasteiger charge is -2.24. The predicted octanol–water partition coefficient (Wildman–Crippen LogP) is 0.927. The molecular weight excluding hydrogens is 201 g/mol. The maximum absolute atomic E-state index is 13.1. The van der Waals surface area contributed by atoms with Gasteiger partial charge in [-0.3, -0.25) is 9.59 Å². The van der Waals surface area contributed by atoms with Gasteiger partial charge in [-0.2, -0.15) is 0 Å². The van der Waals surface area contributed by atoms with E-state index in [2.05, 4.69) is 10.1 Å². The van der Waals surface area contributed by atoms with Gasteiger partial charge in [0.2, 0.25) is 5.91 Å². The number of rotatable bonds is 2. The van der Waals surface area contributed by atoms with Crippen LogP contribution in [0.3, 0.4) is 0 Å². The van der Waals surface area contributed by atoms with Gasteiger partial charge in [-0.15, -0.1) is 0 Å². The largest absolute Gasteiger partial charge is 0.469 e. The van der Waals surface area contributed by atoms with Crippen molar-refractivity contribution in [1.29, 1.82) is 0 Å². The molecule has 1 N–H and O–H groups in total. The predicted molar refractivity (Wildman–Crippen MR) is 51.5 cm³/mol. The highest BCUT2D eigenvalue weighted by molar-refractivity contribution is 5.75. The smallest absolute Gasteiger partial charge is 0.309 e. The Morgan fingerprint density at radius 1 is 1.60 bits per heavy atom. The van der Waals surface area contributed by atoms with Crippen LogP contribution in [0.15, 0.2) is 11.9 Å². The van der Waals surface area contributed by atoms with Gasteiger partial charge in [-0.1, -0.05) is 0 Å². The summed E-state index contributed by atoms with van der Waals surface area (Å²) < 4.78 is 17.7. The summed E-state index contributed by atoms with van der Waals surface area (Å²) in [7, 11) is 1.27. The van der Waals surface area contributed by atoms with Crippen molar-refractivity contribution in [2.75, 3.05) is 7.11 Å². The van der Waals surface area contributed by atoms with Gasteiger partial charge < -0.3 is 10.1 Å². The van der Waals surface area contributed by atoms with E-state index in [0.717, 1.165) is 0 Å². The molecule has 1 rings (SSSR count). The van der Waals surface area contributed by atoms with Crippen molar-refractivity contribution < 1.29 is 18.7 Å². The number of allylic oxidation sites excluding steroid dienone is 1. The van der Waals surface area contributed by atoms with E-state index in [1.807, 2.05) is 0 Å². The maximum atomic E-state index is 13.1. The fourth-order valence-electron chi connectivity index (χ4n) is 1.69. The zero-order valence-corrected chi connectivity index (χ0v) is 8.75. The molecule has 1 aliphatic carbocycles. The molecule has 2 atom stereocenters. The quantitative estimate of drug-likeness (QED) is 0.697. The second kappa shape index (κ2) is 4.91.